The van der Waals surface area contributed by atoms with E-state index in [1.165, 1.54) is 0 Å². The van der Waals surface area contributed by atoms with E-state index in [1.54, 1.807) is 4.90 Å². The predicted octanol–water partition coefficient (Wildman–Crippen LogP) is 3.98. The number of carbonyl (C=O) groups is 2. The smallest absolute Gasteiger partial charge is 0.314 e. The minimum absolute atomic E-state index is 0.110. The van der Waals surface area contributed by atoms with E-state index in [4.69, 9.17) is 15.2 Å². The minimum Gasteiger partial charge on any atom is -0.493 e. The molecule has 0 spiro atoms. The molecule has 4 rings (SSSR count). The molecule has 1 fully saturated rings. The highest BCUT2D eigenvalue weighted by Gasteiger charge is 2.45. The Hall–Kier alpha value is -3.12. The third-order valence-electron chi connectivity index (χ3n) is 6.74. The normalized spacial score (nSPS) is 20.9. The molecule has 0 saturated carbocycles. The number of nitrogens with two attached hydrogens (primary N) is 1. The maximum atomic E-state index is 13.4. The van der Waals surface area contributed by atoms with Crippen LogP contribution in [-0.2, 0) is 20.7 Å². The molecule has 2 heterocycles. The molecule has 0 aromatic heterocycles. The lowest BCUT2D eigenvalue weighted by molar-refractivity contribution is -0.161. The van der Waals surface area contributed by atoms with Gasteiger partial charge in [-0.25, -0.2) is 0 Å². The molecule has 1 amide bonds. The van der Waals surface area contributed by atoms with E-state index in [2.05, 4.69) is 6.08 Å². The molecule has 2 aromatic rings. The van der Waals surface area contributed by atoms with Gasteiger partial charge in [-0.1, -0.05) is 60.2 Å². The van der Waals surface area contributed by atoms with Crippen molar-refractivity contribution in [3.8, 4) is 5.75 Å². The Morgan fingerprint density at radius 3 is 2.71 bits per heavy atom. The average molecular weight is 463 g/mol. The van der Waals surface area contributed by atoms with Crippen molar-refractivity contribution in [2.24, 2.45) is 11.1 Å². The first-order valence-corrected chi connectivity index (χ1v) is 12.2. The number of esters is 1. The van der Waals surface area contributed by atoms with Crippen molar-refractivity contribution in [1.29, 1.82) is 0 Å². The summed E-state index contributed by atoms with van der Waals surface area (Å²) in [4.78, 5) is 28.3. The van der Waals surface area contributed by atoms with Gasteiger partial charge >= 0.3 is 5.97 Å². The van der Waals surface area contributed by atoms with E-state index in [0.717, 1.165) is 35.3 Å². The maximum absolute atomic E-state index is 13.4. The average Bonchev–Trinajstić information content (AvgIpc) is 3.06. The third-order valence-corrected chi connectivity index (χ3v) is 6.74. The van der Waals surface area contributed by atoms with E-state index >= 15 is 0 Å². The zero-order valence-corrected chi connectivity index (χ0v) is 19.9. The summed E-state index contributed by atoms with van der Waals surface area (Å²) in [5.74, 6) is 0.513. The Morgan fingerprint density at radius 2 is 1.91 bits per heavy atom. The van der Waals surface area contributed by atoms with Gasteiger partial charge < -0.3 is 20.1 Å². The Labute approximate surface area is 201 Å². The molecule has 0 bridgehead atoms. The lowest BCUT2D eigenvalue weighted by atomic mass is 9.75. The molecule has 6 heteroatoms. The molecule has 2 aromatic carbocycles. The summed E-state index contributed by atoms with van der Waals surface area (Å²) in [6, 6.07) is 17.2. The van der Waals surface area contributed by atoms with Crippen molar-refractivity contribution < 1.29 is 19.1 Å². The topological polar surface area (TPSA) is 81.9 Å². The van der Waals surface area contributed by atoms with E-state index in [0.29, 0.717) is 45.6 Å². The summed E-state index contributed by atoms with van der Waals surface area (Å²) in [5, 5.41) is 0. The molecular weight excluding hydrogens is 428 g/mol. The van der Waals surface area contributed by atoms with Gasteiger partial charge in [-0.05, 0) is 44.2 Å². The number of rotatable bonds is 7. The van der Waals surface area contributed by atoms with Crippen LogP contribution < -0.4 is 10.5 Å². The van der Waals surface area contributed by atoms with E-state index < -0.39 is 11.5 Å². The Kier molecular flexibility index (Phi) is 7.68. The number of likely N-dealkylation sites (tertiary alicyclic amines) is 1. The van der Waals surface area contributed by atoms with Gasteiger partial charge in [0, 0.05) is 25.1 Å². The molecule has 2 unspecified atom stereocenters. The van der Waals surface area contributed by atoms with Gasteiger partial charge in [-0.15, -0.1) is 0 Å². The number of para-hydroxylation sites is 1. The van der Waals surface area contributed by atoms with Gasteiger partial charge in [0.25, 0.3) is 0 Å². The summed E-state index contributed by atoms with van der Waals surface area (Å²) in [5.41, 5.74) is 8.86. The number of carbonyl (C=O) groups excluding carboxylic acids is 2. The lowest BCUT2D eigenvalue weighted by Crippen LogP contribution is -2.55. The van der Waals surface area contributed by atoms with Crippen molar-refractivity contribution in [2.75, 3.05) is 26.3 Å². The van der Waals surface area contributed by atoms with Crippen LogP contribution in [0.25, 0.3) is 6.08 Å². The SMILES string of the molecule is CCOC(=O)C1(Cc2ccccc2)CCCN(C(=O)C(N)CC2=Cc3ccccc3OCC2)C1. The molecule has 0 radical (unpaired) electrons. The molecule has 2 atom stereocenters. The fourth-order valence-corrected chi connectivity index (χ4v) is 5.05. The van der Waals surface area contributed by atoms with Crippen LogP contribution >= 0.6 is 0 Å². The highest BCUT2D eigenvalue weighted by Crippen LogP contribution is 2.36. The Morgan fingerprint density at radius 1 is 1.15 bits per heavy atom. The summed E-state index contributed by atoms with van der Waals surface area (Å²) in [6.07, 6.45) is 5.27. The van der Waals surface area contributed by atoms with Crippen molar-refractivity contribution >= 4 is 18.0 Å². The van der Waals surface area contributed by atoms with Crippen molar-refractivity contribution in [2.45, 2.75) is 45.1 Å². The molecule has 2 aliphatic rings. The molecular formula is C28H34N2O4. The summed E-state index contributed by atoms with van der Waals surface area (Å²) in [6.45, 7) is 3.64. The van der Waals surface area contributed by atoms with Gasteiger partial charge in [-0.2, -0.15) is 0 Å². The number of nitrogens with zero attached hydrogens (tertiary/aromatic N) is 1. The van der Waals surface area contributed by atoms with Gasteiger partial charge in [0.2, 0.25) is 5.91 Å². The molecule has 34 heavy (non-hydrogen) atoms. The molecule has 2 aliphatic heterocycles. The van der Waals surface area contributed by atoms with Crippen LogP contribution in [0.2, 0.25) is 0 Å². The van der Waals surface area contributed by atoms with Crippen molar-refractivity contribution in [3.05, 3.63) is 71.3 Å². The van der Waals surface area contributed by atoms with E-state index in [9.17, 15) is 9.59 Å². The number of fused-ring (bicyclic) bond motifs is 1. The fourth-order valence-electron chi connectivity index (χ4n) is 5.05. The highest BCUT2D eigenvalue weighted by molar-refractivity contribution is 5.84. The van der Waals surface area contributed by atoms with Gasteiger partial charge in [0.1, 0.15) is 5.75 Å². The third kappa shape index (κ3) is 5.50. The summed E-state index contributed by atoms with van der Waals surface area (Å²) < 4.78 is 11.3. The predicted molar refractivity (Wildman–Crippen MR) is 132 cm³/mol. The molecule has 0 aliphatic carbocycles. The molecule has 1 saturated heterocycles. The monoisotopic (exact) mass is 462 g/mol. The minimum atomic E-state index is -0.751. The summed E-state index contributed by atoms with van der Waals surface area (Å²) >= 11 is 0. The number of piperidine rings is 1. The molecule has 180 valence electrons. The zero-order chi connectivity index (χ0) is 24.0. The number of amides is 1. The van der Waals surface area contributed by atoms with Crippen LogP contribution in [-0.4, -0.2) is 49.1 Å². The van der Waals surface area contributed by atoms with Gasteiger partial charge in [0.05, 0.1) is 24.7 Å². The first-order chi connectivity index (χ1) is 16.5. The Balaban J connectivity index is 1.49. The van der Waals surface area contributed by atoms with Crippen LogP contribution in [0.15, 0.2) is 60.2 Å². The number of ether oxygens (including phenoxy) is 2. The number of hydrogen-bond donors (Lipinski definition) is 1. The maximum Gasteiger partial charge on any atom is 0.314 e. The van der Waals surface area contributed by atoms with E-state index in [-0.39, 0.29) is 11.9 Å². The second-order valence-corrected chi connectivity index (χ2v) is 9.28. The zero-order valence-electron chi connectivity index (χ0n) is 19.9. The standard InChI is InChI=1S/C28H34N2O4/c1-2-33-27(32)28(19-21-9-4-3-5-10-21)14-8-15-30(20-28)26(31)24(29)18-22-13-16-34-25-12-7-6-11-23(25)17-22/h3-7,9-12,17,24H,2,8,13-16,18-20,29H2,1H3. The first-order valence-electron chi connectivity index (χ1n) is 12.2. The van der Waals surface area contributed by atoms with E-state index in [1.807, 2.05) is 61.5 Å². The number of hydrogen-bond acceptors (Lipinski definition) is 5. The molecule has 6 nitrogen and oxygen atoms in total. The van der Waals surface area contributed by atoms with Gasteiger partial charge in [0.15, 0.2) is 0 Å². The second-order valence-electron chi connectivity index (χ2n) is 9.28. The van der Waals surface area contributed by atoms with Crippen LogP contribution in [0.1, 0.15) is 43.7 Å². The van der Waals surface area contributed by atoms with Crippen molar-refractivity contribution in [1.82, 2.24) is 4.90 Å². The fraction of sp³-hybridized carbons (Fsp3) is 0.429. The van der Waals surface area contributed by atoms with Crippen LogP contribution in [0, 0.1) is 5.41 Å². The molecule has 2 N–H and O–H groups in total. The van der Waals surface area contributed by atoms with Gasteiger partial charge in [-0.3, -0.25) is 9.59 Å². The van der Waals surface area contributed by atoms with Crippen molar-refractivity contribution in [3.63, 3.8) is 0 Å². The van der Waals surface area contributed by atoms with Crippen LogP contribution in [0.5, 0.6) is 5.75 Å². The first kappa shape index (κ1) is 24.0. The van der Waals surface area contributed by atoms with Crippen LogP contribution in [0.4, 0.5) is 0 Å². The Bertz CT molecular complexity index is 1040. The lowest BCUT2D eigenvalue weighted by Gasteiger charge is -2.42. The van der Waals surface area contributed by atoms with Crippen LogP contribution in [0.3, 0.4) is 0 Å². The highest BCUT2D eigenvalue weighted by atomic mass is 16.5. The summed E-state index contributed by atoms with van der Waals surface area (Å²) in [7, 11) is 0. The largest absolute Gasteiger partial charge is 0.493 e. The quantitative estimate of drug-likeness (QED) is 0.630. The number of benzene rings is 2. The second kappa shape index (κ2) is 10.9.